The van der Waals surface area contributed by atoms with E-state index in [1.807, 2.05) is 20.8 Å². The Bertz CT molecular complexity index is 268. The van der Waals surface area contributed by atoms with Crippen LogP contribution in [0.15, 0.2) is 11.6 Å². The molecule has 1 rings (SSSR count). The van der Waals surface area contributed by atoms with Crippen molar-refractivity contribution >= 4 is 5.97 Å². The molecule has 1 fully saturated rings. The molecular formula is C11H18O4. The van der Waals surface area contributed by atoms with Crippen molar-refractivity contribution in [2.24, 2.45) is 0 Å². The highest BCUT2D eigenvalue weighted by Crippen LogP contribution is 2.26. The van der Waals surface area contributed by atoms with Crippen molar-refractivity contribution < 1.29 is 19.0 Å². The lowest BCUT2D eigenvalue weighted by molar-refractivity contribution is -0.138. The van der Waals surface area contributed by atoms with Crippen molar-refractivity contribution in [3.8, 4) is 0 Å². The second kappa shape index (κ2) is 4.77. The number of carbonyl (C=O) groups is 1. The highest BCUT2D eigenvalue weighted by Gasteiger charge is 2.33. The lowest BCUT2D eigenvalue weighted by Gasteiger charge is -2.17. The van der Waals surface area contributed by atoms with Crippen LogP contribution in [0.25, 0.3) is 0 Å². The van der Waals surface area contributed by atoms with E-state index in [0.717, 1.165) is 5.57 Å². The number of hydrogen-bond acceptors (Lipinski definition) is 4. The number of hydrogen-bond donors (Lipinski definition) is 0. The normalized spacial score (nSPS) is 25.3. The lowest BCUT2D eigenvalue weighted by atomic mass is 10.1. The minimum Gasteiger partial charge on any atom is -0.463 e. The summed E-state index contributed by atoms with van der Waals surface area (Å²) in [5.74, 6) is -0.891. The molecule has 0 aromatic heterocycles. The predicted octanol–water partition coefficient (Wildman–Crippen LogP) is 1.65. The van der Waals surface area contributed by atoms with Gasteiger partial charge in [-0.3, -0.25) is 0 Å². The fourth-order valence-corrected chi connectivity index (χ4v) is 1.37. The van der Waals surface area contributed by atoms with Crippen molar-refractivity contribution in [1.82, 2.24) is 0 Å². The van der Waals surface area contributed by atoms with Crippen molar-refractivity contribution in [3.05, 3.63) is 11.6 Å². The SMILES string of the molecule is CCOC(=O)/C=C(\C)C1COC(C)(C)O1. The van der Waals surface area contributed by atoms with E-state index in [1.165, 1.54) is 6.08 Å². The Morgan fingerprint density at radius 1 is 1.60 bits per heavy atom. The van der Waals surface area contributed by atoms with Crippen LogP contribution in [-0.2, 0) is 19.0 Å². The van der Waals surface area contributed by atoms with Gasteiger partial charge in [-0.1, -0.05) is 0 Å². The van der Waals surface area contributed by atoms with Gasteiger partial charge in [0.25, 0.3) is 0 Å². The molecule has 1 unspecified atom stereocenters. The molecule has 1 aliphatic heterocycles. The van der Waals surface area contributed by atoms with Gasteiger partial charge in [0.15, 0.2) is 5.79 Å². The van der Waals surface area contributed by atoms with Gasteiger partial charge in [-0.05, 0) is 33.3 Å². The van der Waals surface area contributed by atoms with E-state index < -0.39 is 5.79 Å². The van der Waals surface area contributed by atoms with Crippen LogP contribution in [0.3, 0.4) is 0 Å². The zero-order chi connectivity index (χ0) is 11.5. The first-order valence-corrected chi connectivity index (χ1v) is 5.11. The van der Waals surface area contributed by atoms with E-state index in [1.54, 1.807) is 6.92 Å². The number of ether oxygens (including phenoxy) is 3. The van der Waals surface area contributed by atoms with Gasteiger partial charge < -0.3 is 14.2 Å². The molecule has 0 aliphatic carbocycles. The summed E-state index contributed by atoms with van der Waals surface area (Å²) in [4.78, 5) is 11.2. The van der Waals surface area contributed by atoms with Gasteiger partial charge in [-0.2, -0.15) is 0 Å². The van der Waals surface area contributed by atoms with E-state index in [2.05, 4.69) is 0 Å². The lowest BCUT2D eigenvalue weighted by Crippen LogP contribution is -2.22. The Morgan fingerprint density at radius 3 is 2.73 bits per heavy atom. The van der Waals surface area contributed by atoms with Crippen LogP contribution in [0.1, 0.15) is 27.7 Å². The van der Waals surface area contributed by atoms with Crippen molar-refractivity contribution in [1.29, 1.82) is 0 Å². The highest BCUT2D eigenvalue weighted by molar-refractivity contribution is 5.82. The number of rotatable bonds is 3. The van der Waals surface area contributed by atoms with E-state index in [4.69, 9.17) is 14.2 Å². The van der Waals surface area contributed by atoms with Crippen LogP contribution >= 0.6 is 0 Å². The monoisotopic (exact) mass is 214 g/mol. The molecule has 1 aliphatic rings. The summed E-state index contributed by atoms with van der Waals surface area (Å²) in [6.07, 6.45) is 1.31. The Balaban J connectivity index is 2.54. The molecule has 0 spiro atoms. The third-order valence-corrected chi connectivity index (χ3v) is 2.15. The molecule has 1 atom stereocenters. The summed E-state index contributed by atoms with van der Waals surface area (Å²) in [6, 6.07) is 0. The minimum atomic E-state index is -0.561. The molecule has 1 saturated heterocycles. The Kier molecular flexibility index (Phi) is 3.88. The Labute approximate surface area is 90.2 Å². The van der Waals surface area contributed by atoms with Gasteiger partial charge in [0, 0.05) is 6.08 Å². The largest absolute Gasteiger partial charge is 0.463 e. The summed E-state index contributed by atoms with van der Waals surface area (Å²) in [5, 5.41) is 0. The molecule has 0 aromatic carbocycles. The van der Waals surface area contributed by atoms with Gasteiger partial charge in [-0.15, -0.1) is 0 Å². The van der Waals surface area contributed by atoms with Crippen LogP contribution in [0.2, 0.25) is 0 Å². The first-order valence-electron chi connectivity index (χ1n) is 5.11. The third kappa shape index (κ3) is 3.64. The quantitative estimate of drug-likeness (QED) is 0.529. The smallest absolute Gasteiger partial charge is 0.330 e. The topological polar surface area (TPSA) is 44.8 Å². The van der Waals surface area contributed by atoms with E-state index >= 15 is 0 Å². The van der Waals surface area contributed by atoms with Crippen LogP contribution in [0, 0.1) is 0 Å². The molecule has 0 radical (unpaired) electrons. The standard InChI is InChI=1S/C11H18O4/c1-5-13-10(12)6-8(2)9-7-14-11(3,4)15-9/h6,9H,5,7H2,1-4H3/b8-6+. The number of carbonyl (C=O) groups excluding carboxylic acids is 1. The number of esters is 1. The molecule has 0 aromatic rings. The Hall–Kier alpha value is -0.870. The van der Waals surface area contributed by atoms with Gasteiger partial charge >= 0.3 is 5.97 Å². The minimum absolute atomic E-state index is 0.149. The van der Waals surface area contributed by atoms with Gasteiger partial charge in [0.05, 0.1) is 13.2 Å². The van der Waals surface area contributed by atoms with Gasteiger partial charge in [-0.25, -0.2) is 4.79 Å². The first kappa shape index (κ1) is 12.2. The average molecular weight is 214 g/mol. The van der Waals surface area contributed by atoms with E-state index in [-0.39, 0.29) is 12.1 Å². The van der Waals surface area contributed by atoms with Crippen LogP contribution in [-0.4, -0.2) is 31.1 Å². The fourth-order valence-electron chi connectivity index (χ4n) is 1.37. The van der Waals surface area contributed by atoms with Crippen molar-refractivity contribution in [2.45, 2.75) is 39.6 Å². The molecule has 0 N–H and O–H groups in total. The summed E-state index contributed by atoms with van der Waals surface area (Å²) in [7, 11) is 0. The highest BCUT2D eigenvalue weighted by atomic mass is 16.7. The molecule has 4 heteroatoms. The second-order valence-corrected chi connectivity index (χ2v) is 3.96. The fraction of sp³-hybridized carbons (Fsp3) is 0.727. The van der Waals surface area contributed by atoms with Crippen molar-refractivity contribution in [3.63, 3.8) is 0 Å². The zero-order valence-electron chi connectivity index (χ0n) is 9.70. The molecule has 15 heavy (non-hydrogen) atoms. The summed E-state index contributed by atoms with van der Waals surface area (Å²) in [5.41, 5.74) is 0.832. The third-order valence-electron chi connectivity index (χ3n) is 2.15. The summed E-state index contributed by atoms with van der Waals surface area (Å²) in [6.45, 7) is 8.19. The second-order valence-electron chi connectivity index (χ2n) is 3.96. The van der Waals surface area contributed by atoms with Crippen LogP contribution in [0.4, 0.5) is 0 Å². The average Bonchev–Trinajstić information content (AvgIpc) is 2.46. The molecule has 4 nitrogen and oxygen atoms in total. The zero-order valence-corrected chi connectivity index (χ0v) is 9.70. The molecule has 86 valence electrons. The summed E-state index contributed by atoms with van der Waals surface area (Å²) >= 11 is 0. The molecular weight excluding hydrogens is 196 g/mol. The maximum Gasteiger partial charge on any atom is 0.330 e. The maximum absolute atomic E-state index is 11.2. The molecule has 0 amide bonds. The molecule has 0 saturated carbocycles. The summed E-state index contributed by atoms with van der Waals surface area (Å²) < 4.78 is 15.8. The van der Waals surface area contributed by atoms with E-state index in [0.29, 0.717) is 13.2 Å². The van der Waals surface area contributed by atoms with E-state index in [9.17, 15) is 4.79 Å². The van der Waals surface area contributed by atoms with Gasteiger partial charge in [0.1, 0.15) is 6.10 Å². The predicted molar refractivity (Wildman–Crippen MR) is 55.3 cm³/mol. The van der Waals surface area contributed by atoms with Crippen molar-refractivity contribution in [2.75, 3.05) is 13.2 Å². The molecule has 0 bridgehead atoms. The van der Waals surface area contributed by atoms with Crippen LogP contribution < -0.4 is 0 Å². The van der Waals surface area contributed by atoms with Gasteiger partial charge in [0.2, 0.25) is 0 Å². The molecule has 1 heterocycles. The van der Waals surface area contributed by atoms with Crippen LogP contribution in [0.5, 0.6) is 0 Å². The maximum atomic E-state index is 11.2. The first-order chi connectivity index (χ1) is 6.94. The Morgan fingerprint density at radius 2 is 2.27 bits per heavy atom.